The molecule has 2 aromatic carbocycles. The van der Waals surface area contributed by atoms with Crippen LogP contribution in [0.15, 0.2) is 53.9 Å². The van der Waals surface area contributed by atoms with E-state index in [-0.39, 0.29) is 17.1 Å². The van der Waals surface area contributed by atoms with Gasteiger partial charge in [0, 0.05) is 35.1 Å². The molecule has 0 fully saturated rings. The molecule has 1 aromatic heterocycles. The Kier molecular flexibility index (Phi) is 6.21. The minimum atomic E-state index is -0.360. The summed E-state index contributed by atoms with van der Waals surface area (Å²) in [5, 5.41) is 9.45. The molecule has 0 bridgehead atoms. The van der Waals surface area contributed by atoms with Gasteiger partial charge in [0.15, 0.2) is 0 Å². The van der Waals surface area contributed by atoms with Crippen molar-refractivity contribution in [2.24, 2.45) is 0 Å². The fourth-order valence-corrected chi connectivity index (χ4v) is 3.49. The van der Waals surface area contributed by atoms with Crippen LogP contribution in [0.25, 0.3) is 0 Å². The molecule has 0 saturated carbocycles. The number of nitrogens with one attached hydrogen (secondary N) is 2. The van der Waals surface area contributed by atoms with E-state index >= 15 is 0 Å². The van der Waals surface area contributed by atoms with E-state index in [9.17, 15) is 9.18 Å². The molecular weight excluding hydrogens is 373 g/mol. The molecule has 146 valence electrons. The number of amides is 1. The zero-order valence-corrected chi connectivity index (χ0v) is 17.1. The number of hydrogen-bond donors (Lipinski definition) is 2. The standard InChI is InChI=1S/C22H24FN3OS/c1-22(2,3)21-26-19(14-28-21)13-24-12-15-4-10-18(11-5-15)25-20(27)16-6-8-17(23)9-7-16/h4-11,14,24H,12-13H2,1-3H3,(H,25,27). The van der Waals surface area contributed by atoms with Crippen LogP contribution in [-0.4, -0.2) is 10.9 Å². The van der Waals surface area contributed by atoms with Gasteiger partial charge in [0.25, 0.3) is 5.91 Å². The summed E-state index contributed by atoms with van der Waals surface area (Å²) in [6, 6.07) is 13.1. The number of halogens is 1. The second-order valence-corrected chi connectivity index (χ2v) is 8.51. The Balaban J connectivity index is 1.49. The lowest BCUT2D eigenvalue weighted by molar-refractivity contribution is 0.102. The Morgan fingerprint density at radius 1 is 1.04 bits per heavy atom. The van der Waals surface area contributed by atoms with Gasteiger partial charge < -0.3 is 10.6 Å². The molecule has 0 spiro atoms. The van der Waals surface area contributed by atoms with Crippen molar-refractivity contribution in [3.63, 3.8) is 0 Å². The van der Waals surface area contributed by atoms with E-state index < -0.39 is 0 Å². The number of aromatic nitrogens is 1. The van der Waals surface area contributed by atoms with Gasteiger partial charge >= 0.3 is 0 Å². The first-order chi connectivity index (χ1) is 13.3. The van der Waals surface area contributed by atoms with Crippen LogP contribution in [0.4, 0.5) is 10.1 Å². The van der Waals surface area contributed by atoms with Crippen molar-refractivity contribution in [2.45, 2.75) is 39.3 Å². The van der Waals surface area contributed by atoms with Crippen LogP contribution < -0.4 is 10.6 Å². The van der Waals surface area contributed by atoms with Gasteiger partial charge in [-0.3, -0.25) is 4.79 Å². The van der Waals surface area contributed by atoms with Crippen LogP contribution in [0.1, 0.15) is 47.4 Å². The van der Waals surface area contributed by atoms with Crippen LogP contribution >= 0.6 is 11.3 Å². The quantitative estimate of drug-likeness (QED) is 0.607. The van der Waals surface area contributed by atoms with Crippen LogP contribution in [0.3, 0.4) is 0 Å². The van der Waals surface area contributed by atoms with Crippen molar-refractivity contribution >= 4 is 22.9 Å². The van der Waals surface area contributed by atoms with E-state index in [1.54, 1.807) is 11.3 Å². The summed E-state index contributed by atoms with van der Waals surface area (Å²) in [4.78, 5) is 16.8. The van der Waals surface area contributed by atoms with Gasteiger partial charge in [-0.1, -0.05) is 32.9 Å². The smallest absolute Gasteiger partial charge is 0.255 e. The highest BCUT2D eigenvalue weighted by Crippen LogP contribution is 2.25. The van der Waals surface area contributed by atoms with E-state index in [0.717, 1.165) is 22.8 Å². The summed E-state index contributed by atoms with van der Waals surface area (Å²) >= 11 is 1.70. The molecule has 0 aliphatic carbocycles. The molecule has 2 N–H and O–H groups in total. The van der Waals surface area contributed by atoms with Crippen molar-refractivity contribution in [1.82, 2.24) is 10.3 Å². The molecule has 3 aromatic rings. The molecule has 4 nitrogen and oxygen atoms in total. The van der Waals surface area contributed by atoms with E-state index in [1.165, 1.54) is 24.3 Å². The fourth-order valence-electron chi connectivity index (χ4n) is 2.58. The molecule has 0 unspecified atom stereocenters. The zero-order valence-electron chi connectivity index (χ0n) is 16.3. The largest absolute Gasteiger partial charge is 0.322 e. The third kappa shape index (κ3) is 5.47. The maximum atomic E-state index is 12.9. The summed E-state index contributed by atoms with van der Waals surface area (Å²) in [6.07, 6.45) is 0. The third-order valence-corrected chi connectivity index (χ3v) is 5.46. The van der Waals surface area contributed by atoms with Crippen molar-refractivity contribution < 1.29 is 9.18 Å². The maximum Gasteiger partial charge on any atom is 0.255 e. The van der Waals surface area contributed by atoms with Crippen LogP contribution in [0, 0.1) is 5.82 Å². The Hall–Kier alpha value is -2.57. The predicted octanol–water partition coefficient (Wildman–Crippen LogP) is 5.12. The van der Waals surface area contributed by atoms with Gasteiger partial charge in [-0.2, -0.15) is 0 Å². The van der Waals surface area contributed by atoms with Crippen LogP contribution in [0.5, 0.6) is 0 Å². The Morgan fingerprint density at radius 3 is 2.32 bits per heavy atom. The first kappa shape index (κ1) is 20.2. The average Bonchev–Trinajstić information content (AvgIpc) is 3.13. The van der Waals surface area contributed by atoms with Gasteiger partial charge in [-0.25, -0.2) is 9.37 Å². The SMILES string of the molecule is CC(C)(C)c1nc(CNCc2ccc(NC(=O)c3ccc(F)cc3)cc2)cs1. The Labute approximate surface area is 168 Å². The second kappa shape index (κ2) is 8.63. The fraction of sp³-hybridized carbons (Fsp3) is 0.273. The van der Waals surface area contributed by atoms with E-state index in [0.29, 0.717) is 17.8 Å². The van der Waals surface area contributed by atoms with Gasteiger partial charge in [-0.15, -0.1) is 11.3 Å². The van der Waals surface area contributed by atoms with E-state index in [2.05, 4.69) is 41.8 Å². The lowest BCUT2D eigenvalue weighted by Gasteiger charge is -2.13. The van der Waals surface area contributed by atoms with Crippen molar-refractivity contribution in [3.8, 4) is 0 Å². The van der Waals surface area contributed by atoms with Gasteiger partial charge in [0.05, 0.1) is 10.7 Å². The number of thiazole rings is 1. The van der Waals surface area contributed by atoms with Crippen molar-refractivity contribution in [2.75, 3.05) is 5.32 Å². The minimum absolute atomic E-state index is 0.0805. The Bertz CT molecular complexity index is 928. The monoisotopic (exact) mass is 397 g/mol. The summed E-state index contributed by atoms with van der Waals surface area (Å²) in [6.45, 7) is 7.93. The van der Waals surface area contributed by atoms with Gasteiger partial charge in [0.1, 0.15) is 5.82 Å². The van der Waals surface area contributed by atoms with Crippen LogP contribution in [-0.2, 0) is 18.5 Å². The van der Waals surface area contributed by atoms with E-state index in [1.807, 2.05) is 24.3 Å². The van der Waals surface area contributed by atoms with Crippen molar-refractivity contribution in [1.29, 1.82) is 0 Å². The highest BCUT2D eigenvalue weighted by molar-refractivity contribution is 7.09. The zero-order chi connectivity index (χ0) is 20.1. The third-order valence-electron chi connectivity index (χ3n) is 4.15. The number of carbonyl (C=O) groups is 1. The number of carbonyl (C=O) groups excluding carboxylic acids is 1. The summed E-state index contributed by atoms with van der Waals surface area (Å²) in [5.74, 6) is -0.621. The molecular formula is C22H24FN3OS. The van der Waals surface area contributed by atoms with Gasteiger partial charge in [0.2, 0.25) is 0 Å². The average molecular weight is 398 g/mol. The van der Waals surface area contributed by atoms with E-state index in [4.69, 9.17) is 0 Å². The Morgan fingerprint density at radius 2 is 1.71 bits per heavy atom. The molecule has 6 heteroatoms. The minimum Gasteiger partial charge on any atom is -0.322 e. The maximum absolute atomic E-state index is 12.9. The number of nitrogens with zero attached hydrogens (tertiary/aromatic N) is 1. The second-order valence-electron chi connectivity index (χ2n) is 7.66. The highest BCUT2D eigenvalue weighted by atomic mass is 32.1. The predicted molar refractivity (Wildman–Crippen MR) is 112 cm³/mol. The highest BCUT2D eigenvalue weighted by Gasteiger charge is 2.17. The molecule has 28 heavy (non-hydrogen) atoms. The van der Waals surface area contributed by atoms with Gasteiger partial charge in [-0.05, 0) is 42.0 Å². The number of rotatable bonds is 6. The molecule has 3 rings (SSSR count). The molecule has 0 radical (unpaired) electrons. The molecule has 0 saturated heterocycles. The summed E-state index contributed by atoms with van der Waals surface area (Å²) in [7, 11) is 0. The molecule has 0 aliphatic heterocycles. The first-order valence-electron chi connectivity index (χ1n) is 9.13. The summed E-state index contributed by atoms with van der Waals surface area (Å²) < 4.78 is 12.9. The summed E-state index contributed by atoms with van der Waals surface area (Å²) in [5.41, 5.74) is 3.37. The number of anilines is 1. The lowest BCUT2D eigenvalue weighted by Crippen LogP contribution is -2.15. The lowest BCUT2D eigenvalue weighted by atomic mass is 9.98. The topological polar surface area (TPSA) is 54.0 Å². The molecule has 1 amide bonds. The van der Waals surface area contributed by atoms with Crippen LogP contribution in [0.2, 0.25) is 0 Å². The van der Waals surface area contributed by atoms with Crippen molar-refractivity contribution in [3.05, 3.63) is 81.6 Å². The number of hydrogen-bond acceptors (Lipinski definition) is 4. The normalized spacial score (nSPS) is 11.4. The molecule has 0 aliphatic rings. The molecule has 1 heterocycles. The molecule has 0 atom stereocenters. The first-order valence-corrected chi connectivity index (χ1v) is 10.0. The number of benzene rings is 2.